The normalized spacial score (nSPS) is 12.2. The summed E-state index contributed by atoms with van der Waals surface area (Å²) in [5.41, 5.74) is 0.814. The standard InChI is InChI=1S/C12H14Cl2N2S/c1-12(7-13,8-14)15-6-11-16-9-4-2-3-5-10(9)17-11/h2-5,15H,6-8H2,1H3. The first-order chi connectivity index (χ1) is 8.17. The first-order valence-electron chi connectivity index (χ1n) is 5.38. The maximum Gasteiger partial charge on any atom is 0.108 e. The number of rotatable bonds is 5. The van der Waals surface area contributed by atoms with Crippen molar-refractivity contribution in [3.8, 4) is 0 Å². The predicted octanol–water partition coefficient (Wildman–Crippen LogP) is 3.62. The van der Waals surface area contributed by atoms with Crippen molar-refractivity contribution in [3.63, 3.8) is 0 Å². The third-order valence-electron chi connectivity index (χ3n) is 2.59. The molecule has 0 aliphatic rings. The summed E-state index contributed by atoms with van der Waals surface area (Å²) in [6, 6.07) is 8.14. The zero-order chi connectivity index (χ0) is 12.3. The van der Waals surface area contributed by atoms with Crippen LogP contribution in [0.2, 0.25) is 0 Å². The maximum absolute atomic E-state index is 5.89. The smallest absolute Gasteiger partial charge is 0.108 e. The van der Waals surface area contributed by atoms with Gasteiger partial charge in [-0.15, -0.1) is 34.5 Å². The van der Waals surface area contributed by atoms with Crippen LogP contribution in [-0.2, 0) is 6.54 Å². The molecule has 2 nitrogen and oxygen atoms in total. The highest BCUT2D eigenvalue weighted by Gasteiger charge is 2.21. The third-order valence-corrected chi connectivity index (χ3v) is 4.81. The summed E-state index contributed by atoms with van der Waals surface area (Å²) in [7, 11) is 0. The lowest BCUT2D eigenvalue weighted by molar-refractivity contribution is 0.434. The van der Waals surface area contributed by atoms with Crippen LogP contribution in [0.25, 0.3) is 10.2 Å². The highest BCUT2D eigenvalue weighted by atomic mass is 35.5. The van der Waals surface area contributed by atoms with Crippen molar-refractivity contribution < 1.29 is 0 Å². The Hall–Kier alpha value is -0.350. The number of halogens is 2. The minimum atomic E-state index is -0.235. The lowest BCUT2D eigenvalue weighted by atomic mass is 10.1. The van der Waals surface area contributed by atoms with Crippen LogP contribution in [0.3, 0.4) is 0 Å². The van der Waals surface area contributed by atoms with E-state index in [1.165, 1.54) is 4.70 Å². The van der Waals surface area contributed by atoms with Crippen molar-refractivity contribution in [1.82, 2.24) is 10.3 Å². The van der Waals surface area contributed by atoms with Crippen LogP contribution in [0.1, 0.15) is 11.9 Å². The second kappa shape index (κ2) is 5.53. The molecule has 0 bridgehead atoms. The molecule has 1 heterocycles. The summed E-state index contributed by atoms with van der Waals surface area (Å²) in [5, 5.41) is 4.42. The molecule has 0 atom stereocenters. The largest absolute Gasteiger partial charge is 0.303 e. The number of hydrogen-bond acceptors (Lipinski definition) is 3. The Morgan fingerprint density at radius 2 is 2.00 bits per heavy atom. The van der Waals surface area contributed by atoms with Gasteiger partial charge in [-0.3, -0.25) is 0 Å². The second-order valence-corrected chi connectivity index (χ2v) is 5.91. The fourth-order valence-corrected chi connectivity index (χ4v) is 2.80. The van der Waals surface area contributed by atoms with Gasteiger partial charge in [0.1, 0.15) is 5.01 Å². The van der Waals surface area contributed by atoms with Crippen LogP contribution in [-0.4, -0.2) is 22.3 Å². The van der Waals surface area contributed by atoms with Crippen molar-refractivity contribution >= 4 is 44.8 Å². The molecule has 0 spiro atoms. The molecule has 92 valence electrons. The molecule has 0 fully saturated rings. The molecular formula is C12H14Cl2N2S. The Balaban J connectivity index is 2.09. The van der Waals surface area contributed by atoms with Crippen molar-refractivity contribution in [2.24, 2.45) is 0 Å². The molecule has 0 aliphatic carbocycles. The van der Waals surface area contributed by atoms with Crippen LogP contribution >= 0.6 is 34.5 Å². The van der Waals surface area contributed by atoms with E-state index in [2.05, 4.69) is 16.4 Å². The van der Waals surface area contributed by atoms with Crippen LogP contribution in [0.4, 0.5) is 0 Å². The van der Waals surface area contributed by atoms with Crippen molar-refractivity contribution in [1.29, 1.82) is 0 Å². The van der Waals surface area contributed by atoms with E-state index >= 15 is 0 Å². The lowest BCUT2D eigenvalue weighted by Gasteiger charge is -2.25. The monoisotopic (exact) mass is 288 g/mol. The molecule has 0 unspecified atom stereocenters. The first-order valence-corrected chi connectivity index (χ1v) is 7.27. The predicted molar refractivity (Wildman–Crippen MR) is 76.3 cm³/mol. The summed E-state index contributed by atoms with van der Waals surface area (Å²) in [5.74, 6) is 0.975. The number of fused-ring (bicyclic) bond motifs is 1. The van der Waals surface area contributed by atoms with Crippen molar-refractivity contribution in [3.05, 3.63) is 29.3 Å². The van der Waals surface area contributed by atoms with Gasteiger partial charge in [0.15, 0.2) is 0 Å². The fourth-order valence-electron chi connectivity index (χ4n) is 1.41. The van der Waals surface area contributed by atoms with Gasteiger partial charge in [0.25, 0.3) is 0 Å². The molecule has 0 saturated heterocycles. The van der Waals surface area contributed by atoms with Gasteiger partial charge in [-0.2, -0.15) is 0 Å². The van der Waals surface area contributed by atoms with E-state index in [1.54, 1.807) is 11.3 Å². The molecule has 2 rings (SSSR count). The number of nitrogens with one attached hydrogen (secondary N) is 1. The molecule has 0 aliphatic heterocycles. The van der Waals surface area contributed by atoms with E-state index < -0.39 is 0 Å². The second-order valence-electron chi connectivity index (χ2n) is 4.26. The first kappa shape index (κ1) is 13.1. The molecule has 1 aromatic heterocycles. The fraction of sp³-hybridized carbons (Fsp3) is 0.417. The van der Waals surface area contributed by atoms with Gasteiger partial charge >= 0.3 is 0 Å². The molecular weight excluding hydrogens is 275 g/mol. The molecule has 2 aromatic rings. The van der Waals surface area contributed by atoms with Gasteiger partial charge < -0.3 is 5.32 Å². The van der Waals surface area contributed by atoms with E-state index in [4.69, 9.17) is 23.2 Å². The minimum Gasteiger partial charge on any atom is -0.303 e. The molecule has 0 radical (unpaired) electrons. The van der Waals surface area contributed by atoms with Crippen LogP contribution in [0.5, 0.6) is 0 Å². The molecule has 1 N–H and O–H groups in total. The van der Waals surface area contributed by atoms with Gasteiger partial charge in [0, 0.05) is 23.8 Å². The van der Waals surface area contributed by atoms with Crippen LogP contribution in [0, 0.1) is 0 Å². The Labute approximate surface area is 115 Å². The summed E-state index contributed by atoms with van der Waals surface area (Å²) in [6.07, 6.45) is 0. The summed E-state index contributed by atoms with van der Waals surface area (Å²) in [4.78, 5) is 4.55. The van der Waals surface area contributed by atoms with Crippen molar-refractivity contribution in [2.45, 2.75) is 19.0 Å². The van der Waals surface area contributed by atoms with Gasteiger partial charge in [0.2, 0.25) is 0 Å². The van der Waals surface area contributed by atoms with E-state index in [-0.39, 0.29) is 5.54 Å². The SMILES string of the molecule is CC(CCl)(CCl)NCc1nc2ccccc2s1. The molecule has 1 aromatic carbocycles. The molecule has 0 saturated carbocycles. The zero-order valence-corrected chi connectivity index (χ0v) is 11.9. The maximum atomic E-state index is 5.89. The minimum absolute atomic E-state index is 0.235. The Kier molecular flexibility index (Phi) is 4.26. The quantitative estimate of drug-likeness (QED) is 0.850. The number of para-hydroxylation sites is 1. The van der Waals surface area contributed by atoms with Crippen LogP contribution < -0.4 is 5.32 Å². The summed E-state index contributed by atoms with van der Waals surface area (Å²) in [6.45, 7) is 2.72. The third kappa shape index (κ3) is 3.10. The average molecular weight is 289 g/mol. The molecule has 17 heavy (non-hydrogen) atoms. The number of benzene rings is 1. The number of aromatic nitrogens is 1. The number of hydrogen-bond donors (Lipinski definition) is 1. The van der Waals surface area contributed by atoms with Gasteiger partial charge in [-0.1, -0.05) is 12.1 Å². The highest BCUT2D eigenvalue weighted by Crippen LogP contribution is 2.22. The molecule has 0 amide bonds. The van der Waals surface area contributed by atoms with Gasteiger partial charge in [0.05, 0.1) is 10.2 Å². The van der Waals surface area contributed by atoms with E-state index in [1.807, 2.05) is 25.1 Å². The lowest BCUT2D eigenvalue weighted by Crippen LogP contribution is -2.45. The Bertz CT molecular complexity index is 461. The van der Waals surface area contributed by atoms with Crippen LogP contribution in [0.15, 0.2) is 24.3 Å². The topological polar surface area (TPSA) is 24.9 Å². The number of nitrogens with zero attached hydrogens (tertiary/aromatic N) is 1. The summed E-state index contributed by atoms with van der Waals surface area (Å²) < 4.78 is 1.21. The Morgan fingerprint density at radius 1 is 1.29 bits per heavy atom. The van der Waals surface area contributed by atoms with E-state index in [0.717, 1.165) is 10.5 Å². The van der Waals surface area contributed by atoms with E-state index in [0.29, 0.717) is 18.3 Å². The number of alkyl halides is 2. The molecule has 5 heteroatoms. The van der Waals surface area contributed by atoms with E-state index in [9.17, 15) is 0 Å². The number of thiazole rings is 1. The summed E-state index contributed by atoms with van der Waals surface area (Å²) >= 11 is 13.5. The van der Waals surface area contributed by atoms with Crippen molar-refractivity contribution in [2.75, 3.05) is 11.8 Å². The highest BCUT2D eigenvalue weighted by molar-refractivity contribution is 7.18. The van der Waals surface area contributed by atoms with Gasteiger partial charge in [-0.05, 0) is 19.1 Å². The van der Waals surface area contributed by atoms with Gasteiger partial charge in [-0.25, -0.2) is 4.98 Å². The average Bonchev–Trinajstić information content (AvgIpc) is 2.79. The zero-order valence-electron chi connectivity index (χ0n) is 9.54. The Morgan fingerprint density at radius 3 is 2.65 bits per heavy atom.